The summed E-state index contributed by atoms with van der Waals surface area (Å²) < 4.78 is 46.3. The number of benzene rings is 2. The zero-order valence-electron chi connectivity index (χ0n) is 15.4. The number of ether oxygens (including phenoxy) is 1. The Hall–Kier alpha value is -2.05. The maximum absolute atomic E-state index is 13.9. The van der Waals surface area contributed by atoms with Gasteiger partial charge in [-0.2, -0.15) is 4.39 Å². The third-order valence-electron chi connectivity index (χ3n) is 4.33. The van der Waals surface area contributed by atoms with Crippen LogP contribution in [0, 0.1) is 24.4 Å². The Bertz CT molecular complexity index is 716. The molecule has 0 atom stereocenters. The molecule has 2 aromatic carbocycles. The molecule has 0 aliphatic heterocycles. The predicted molar refractivity (Wildman–Crippen MR) is 97.1 cm³/mol. The van der Waals surface area contributed by atoms with Gasteiger partial charge in [-0.3, -0.25) is 0 Å². The second-order valence-corrected chi connectivity index (χ2v) is 6.06. The van der Waals surface area contributed by atoms with Gasteiger partial charge in [0.1, 0.15) is 11.6 Å². The number of halogens is 3. The smallest absolute Gasteiger partial charge is 0.201 e. The Morgan fingerprint density at radius 1 is 1.00 bits per heavy atom. The van der Waals surface area contributed by atoms with Gasteiger partial charge in [-0.15, -0.1) is 0 Å². The van der Waals surface area contributed by atoms with E-state index in [0.29, 0.717) is 12.3 Å². The Labute approximate surface area is 152 Å². The third kappa shape index (κ3) is 5.22. The summed E-state index contributed by atoms with van der Waals surface area (Å²) in [6.07, 6.45) is 0. The van der Waals surface area contributed by atoms with Crippen LogP contribution in [0.25, 0.3) is 0 Å². The molecule has 0 spiro atoms. The lowest BCUT2D eigenvalue weighted by atomic mass is 10.2. The molecule has 0 bridgehead atoms. The van der Waals surface area contributed by atoms with Gasteiger partial charge in [0.25, 0.3) is 0 Å². The molecule has 6 heteroatoms. The number of nitrogens with zero attached hydrogens (tertiary/aromatic N) is 1. The summed E-state index contributed by atoms with van der Waals surface area (Å²) in [5, 5.41) is 3.36. The van der Waals surface area contributed by atoms with Gasteiger partial charge in [-0.25, -0.2) is 8.78 Å². The molecule has 0 radical (unpaired) electrons. The van der Waals surface area contributed by atoms with Crippen LogP contribution in [-0.2, 0) is 6.54 Å². The van der Waals surface area contributed by atoms with Crippen molar-refractivity contribution in [2.75, 3.05) is 26.2 Å². The molecule has 0 saturated heterocycles. The van der Waals surface area contributed by atoms with Crippen LogP contribution >= 0.6 is 0 Å². The van der Waals surface area contributed by atoms with Gasteiger partial charge < -0.3 is 15.0 Å². The van der Waals surface area contributed by atoms with Crippen LogP contribution in [-0.4, -0.2) is 31.1 Å². The molecule has 0 aromatic heterocycles. The summed E-state index contributed by atoms with van der Waals surface area (Å²) in [5.74, 6) is -3.40. The van der Waals surface area contributed by atoms with E-state index in [0.717, 1.165) is 37.8 Å². The normalized spacial score (nSPS) is 11.2. The SMILES string of the molecule is CCN(CC)CCNCc1ccc(Oc2cc(F)c(C)c(F)c2F)cc1. The Balaban J connectivity index is 1.92. The van der Waals surface area contributed by atoms with Crippen LogP contribution in [0.15, 0.2) is 30.3 Å². The summed E-state index contributed by atoms with van der Waals surface area (Å²) in [4.78, 5) is 2.33. The average Bonchev–Trinajstić information content (AvgIpc) is 2.65. The molecule has 0 saturated carbocycles. The largest absolute Gasteiger partial charge is 0.454 e. The maximum Gasteiger partial charge on any atom is 0.201 e. The van der Waals surface area contributed by atoms with E-state index < -0.39 is 23.2 Å². The van der Waals surface area contributed by atoms with Gasteiger partial charge in [-0.05, 0) is 37.7 Å². The molecular weight excluding hydrogens is 341 g/mol. The van der Waals surface area contributed by atoms with Crippen LogP contribution < -0.4 is 10.1 Å². The lowest BCUT2D eigenvalue weighted by molar-refractivity contribution is 0.302. The molecule has 26 heavy (non-hydrogen) atoms. The highest BCUT2D eigenvalue weighted by molar-refractivity contribution is 5.37. The van der Waals surface area contributed by atoms with E-state index in [1.807, 2.05) is 12.1 Å². The fourth-order valence-corrected chi connectivity index (χ4v) is 2.55. The highest BCUT2D eigenvalue weighted by Crippen LogP contribution is 2.29. The van der Waals surface area contributed by atoms with Crippen molar-refractivity contribution in [1.82, 2.24) is 10.2 Å². The molecule has 0 aliphatic rings. The van der Waals surface area contributed by atoms with Crippen LogP contribution in [0.5, 0.6) is 11.5 Å². The van der Waals surface area contributed by atoms with Crippen LogP contribution in [0.2, 0.25) is 0 Å². The van der Waals surface area contributed by atoms with E-state index in [9.17, 15) is 13.2 Å². The van der Waals surface area contributed by atoms with Gasteiger partial charge in [-0.1, -0.05) is 26.0 Å². The standard InChI is InChI=1S/C20H25F3N2O/c1-4-25(5-2)11-10-24-13-15-6-8-16(9-7-15)26-18-12-17(21)14(3)19(22)20(18)23/h6-9,12,24H,4-5,10-11,13H2,1-3H3. The molecule has 0 heterocycles. The van der Waals surface area contributed by atoms with Gasteiger partial charge in [0, 0.05) is 31.3 Å². The van der Waals surface area contributed by atoms with Gasteiger partial charge in [0.05, 0.1) is 0 Å². The second-order valence-electron chi connectivity index (χ2n) is 6.06. The summed E-state index contributed by atoms with van der Waals surface area (Å²) in [6, 6.07) is 7.82. The summed E-state index contributed by atoms with van der Waals surface area (Å²) in [7, 11) is 0. The molecule has 0 aliphatic carbocycles. The van der Waals surface area contributed by atoms with E-state index in [-0.39, 0.29) is 5.56 Å². The van der Waals surface area contributed by atoms with E-state index in [4.69, 9.17) is 4.74 Å². The number of rotatable bonds is 9. The van der Waals surface area contributed by atoms with Crippen LogP contribution in [0.3, 0.4) is 0 Å². The lowest BCUT2D eigenvalue weighted by Crippen LogP contribution is -2.31. The minimum atomic E-state index is -1.23. The van der Waals surface area contributed by atoms with E-state index >= 15 is 0 Å². The molecule has 2 rings (SSSR count). The van der Waals surface area contributed by atoms with Crippen molar-refractivity contribution in [3.8, 4) is 11.5 Å². The second kappa shape index (κ2) is 9.59. The number of hydrogen-bond donors (Lipinski definition) is 1. The van der Waals surface area contributed by atoms with Crippen LogP contribution in [0.1, 0.15) is 25.0 Å². The van der Waals surface area contributed by atoms with Gasteiger partial charge in [0.15, 0.2) is 11.6 Å². The summed E-state index contributed by atoms with van der Waals surface area (Å²) in [6.45, 7) is 10.1. The zero-order valence-corrected chi connectivity index (χ0v) is 15.4. The zero-order chi connectivity index (χ0) is 19.1. The lowest BCUT2D eigenvalue weighted by Gasteiger charge is -2.18. The van der Waals surface area contributed by atoms with Crippen molar-refractivity contribution in [2.24, 2.45) is 0 Å². The van der Waals surface area contributed by atoms with Crippen molar-refractivity contribution >= 4 is 0 Å². The first-order chi connectivity index (χ1) is 12.5. The van der Waals surface area contributed by atoms with Crippen LogP contribution in [0.4, 0.5) is 13.2 Å². The quantitative estimate of drug-likeness (QED) is 0.517. The first-order valence-electron chi connectivity index (χ1n) is 8.80. The van der Waals surface area contributed by atoms with Crippen molar-refractivity contribution in [2.45, 2.75) is 27.3 Å². The molecule has 0 unspecified atom stereocenters. The van der Waals surface area contributed by atoms with Gasteiger partial charge >= 0.3 is 0 Å². The first kappa shape index (κ1) is 20.3. The minimum absolute atomic E-state index is 0.318. The Kier molecular flexibility index (Phi) is 7.48. The topological polar surface area (TPSA) is 24.5 Å². The van der Waals surface area contributed by atoms with Gasteiger partial charge in [0.2, 0.25) is 5.82 Å². The maximum atomic E-state index is 13.9. The van der Waals surface area contributed by atoms with Crippen molar-refractivity contribution in [3.05, 3.63) is 58.9 Å². The number of hydrogen-bond acceptors (Lipinski definition) is 3. The Morgan fingerprint density at radius 2 is 1.65 bits per heavy atom. The molecule has 3 nitrogen and oxygen atoms in total. The minimum Gasteiger partial charge on any atom is -0.454 e. The number of nitrogens with one attached hydrogen (secondary N) is 1. The van der Waals surface area contributed by atoms with E-state index in [2.05, 4.69) is 24.1 Å². The van der Waals surface area contributed by atoms with Crippen molar-refractivity contribution in [3.63, 3.8) is 0 Å². The monoisotopic (exact) mass is 366 g/mol. The third-order valence-corrected chi connectivity index (χ3v) is 4.33. The molecule has 142 valence electrons. The van der Waals surface area contributed by atoms with E-state index in [1.165, 1.54) is 6.92 Å². The molecule has 0 amide bonds. The summed E-state index contributed by atoms with van der Waals surface area (Å²) >= 11 is 0. The fraction of sp³-hybridized carbons (Fsp3) is 0.400. The highest BCUT2D eigenvalue weighted by atomic mass is 19.2. The molecule has 0 fully saturated rings. The van der Waals surface area contributed by atoms with Crippen molar-refractivity contribution in [1.29, 1.82) is 0 Å². The Morgan fingerprint density at radius 3 is 2.27 bits per heavy atom. The number of likely N-dealkylation sites (N-methyl/N-ethyl adjacent to an activating group) is 1. The van der Waals surface area contributed by atoms with Crippen molar-refractivity contribution < 1.29 is 17.9 Å². The fourth-order valence-electron chi connectivity index (χ4n) is 2.55. The molecule has 1 N–H and O–H groups in total. The van der Waals surface area contributed by atoms with E-state index in [1.54, 1.807) is 12.1 Å². The average molecular weight is 366 g/mol. The highest BCUT2D eigenvalue weighted by Gasteiger charge is 2.17. The first-order valence-corrected chi connectivity index (χ1v) is 8.80. The predicted octanol–water partition coefficient (Wildman–Crippen LogP) is 4.64. The summed E-state index contributed by atoms with van der Waals surface area (Å²) in [5.41, 5.74) is 0.680. The molecular formula is C20H25F3N2O. The molecule has 2 aromatic rings.